The van der Waals surface area contributed by atoms with Crippen molar-refractivity contribution in [2.24, 2.45) is 7.05 Å². The van der Waals surface area contributed by atoms with Gasteiger partial charge in [-0.3, -0.25) is 9.59 Å². The van der Waals surface area contributed by atoms with Gasteiger partial charge in [-0.1, -0.05) is 54.1 Å². The Hall–Kier alpha value is -4.07. The summed E-state index contributed by atoms with van der Waals surface area (Å²) in [6.07, 6.45) is 1.75. The largest absolute Gasteiger partial charge is 0.505 e. The van der Waals surface area contributed by atoms with Gasteiger partial charge in [0.1, 0.15) is 5.75 Å². The maximum absolute atomic E-state index is 12.5. The van der Waals surface area contributed by atoms with Crippen LogP contribution in [0.15, 0.2) is 65.6 Å². The smallest absolute Gasteiger partial charge is 0.319 e. The molecule has 3 rings (SSSR count). The van der Waals surface area contributed by atoms with Gasteiger partial charge in [-0.2, -0.15) is 0 Å². The van der Waals surface area contributed by atoms with E-state index in [1.807, 2.05) is 31.2 Å². The number of urea groups is 1. The molecule has 0 bridgehead atoms. The monoisotopic (exact) mass is 435 g/mol. The van der Waals surface area contributed by atoms with E-state index in [1.165, 1.54) is 29.4 Å². The first-order valence-corrected chi connectivity index (χ1v) is 10.0. The standard InChI is InChI=1S/C24H25N3O5/c1-15-3-5-16(6-4-15)13-17-7-9-18(10-8-17)19(14-21(29)30)25-24(32)26-22-20(28)11-12-27(2)23(22)31/h3-12,19,28H,13-14H2,1-2H3,(H,29,30)(H2,25,26,32)/t19-/m0/s1. The normalized spacial score (nSPS) is 11.6. The van der Waals surface area contributed by atoms with Crippen LogP contribution in [-0.4, -0.2) is 26.8 Å². The molecular formula is C24H25N3O5. The Morgan fingerprint density at radius 1 is 1.00 bits per heavy atom. The number of aliphatic carboxylic acids is 1. The summed E-state index contributed by atoms with van der Waals surface area (Å²) in [5.74, 6) is -1.46. The lowest BCUT2D eigenvalue weighted by Gasteiger charge is -2.18. The quantitative estimate of drug-likeness (QED) is 0.454. The summed E-state index contributed by atoms with van der Waals surface area (Å²) in [4.78, 5) is 35.9. The van der Waals surface area contributed by atoms with Crippen LogP contribution in [0, 0.1) is 6.92 Å². The molecule has 3 aromatic rings. The van der Waals surface area contributed by atoms with E-state index in [1.54, 1.807) is 12.1 Å². The second-order valence-corrected chi connectivity index (χ2v) is 7.64. The summed E-state index contributed by atoms with van der Waals surface area (Å²) in [5, 5.41) is 24.0. The molecule has 0 radical (unpaired) electrons. The van der Waals surface area contributed by atoms with Crippen molar-refractivity contribution in [1.82, 2.24) is 9.88 Å². The second-order valence-electron chi connectivity index (χ2n) is 7.64. The van der Waals surface area contributed by atoms with Crippen LogP contribution in [0.3, 0.4) is 0 Å². The number of rotatable bonds is 7. The highest BCUT2D eigenvalue weighted by Gasteiger charge is 2.20. The maximum Gasteiger partial charge on any atom is 0.319 e. The van der Waals surface area contributed by atoms with Crippen LogP contribution >= 0.6 is 0 Å². The van der Waals surface area contributed by atoms with Crippen LogP contribution < -0.4 is 16.2 Å². The van der Waals surface area contributed by atoms with E-state index < -0.39 is 23.6 Å². The molecule has 8 nitrogen and oxygen atoms in total. The summed E-state index contributed by atoms with van der Waals surface area (Å²) in [7, 11) is 1.48. The summed E-state index contributed by atoms with van der Waals surface area (Å²) < 4.78 is 1.21. The van der Waals surface area contributed by atoms with Crippen molar-refractivity contribution in [3.8, 4) is 5.75 Å². The van der Waals surface area contributed by atoms with Gasteiger partial charge in [0.15, 0.2) is 5.69 Å². The zero-order chi connectivity index (χ0) is 23.3. The second kappa shape index (κ2) is 9.82. The third-order valence-corrected chi connectivity index (χ3v) is 5.08. The Morgan fingerprint density at radius 2 is 1.59 bits per heavy atom. The number of amides is 2. The molecule has 0 aliphatic carbocycles. The number of nitrogens with zero attached hydrogens (tertiary/aromatic N) is 1. The average Bonchev–Trinajstić information content (AvgIpc) is 2.75. The van der Waals surface area contributed by atoms with Crippen LogP contribution in [0.5, 0.6) is 5.75 Å². The van der Waals surface area contributed by atoms with Gasteiger partial charge in [0.2, 0.25) is 0 Å². The highest BCUT2D eigenvalue weighted by molar-refractivity contribution is 5.91. The Morgan fingerprint density at radius 3 is 2.19 bits per heavy atom. The lowest BCUT2D eigenvalue weighted by Crippen LogP contribution is -2.35. The van der Waals surface area contributed by atoms with Gasteiger partial charge >= 0.3 is 12.0 Å². The minimum Gasteiger partial charge on any atom is -0.505 e. The Balaban J connectivity index is 1.74. The highest BCUT2D eigenvalue weighted by atomic mass is 16.4. The lowest BCUT2D eigenvalue weighted by atomic mass is 9.99. The van der Waals surface area contributed by atoms with Gasteiger partial charge in [-0.25, -0.2) is 4.79 Å². The van der Waals surface area contributed by atoms with Gasteiger partial charge in [0.25, 0.3) is 5.56 Å². The van der Waals surface area contributed by atoms with E-state index in [0.29, 0.717) is 5.56 Å². The molecule has 0 unspecified atom stereocenters. The average molecular weight is 435 g/mol. The number of benzene rings is 2. The number of aromatic hydroxyl groups is 1. The molecule has 2 amide bonds. The van der Waals surface area contributed by atoms with E-state index in [0.717, 1.165) is 17.5 Å². The summed E-state index contributed by atoms with van der Waals surface area (Å²) in [6.45, 7) is 2.03. The molecule has 8 heteroatoms. The Labute approximate surface area is 185 Å². The van der Waals surface area contributed by atoms with Crippen molar-refractivity contribution in [3.05, 3.63) is 93.4 Å². The van der Waals surface area contributed by atoms with Crippen LogP contribution in [0.2, 0.25) is 0 Å². The van der Waals surface area contributed by atoms with Crippen LogP contribution in [-0.2, 0) is 18.3 Å². The minimum atomic E-state index is -1.09. The molecule has 1 heterocycles. The fourth-order valence-corrected chi connectivity index (χ4v) is 3.28. The first-order chi connectivity index (χ1) is 15.2. The van der Waals surface area contributed by atoms with Crippen molar-refractivity contribution in [3.63, 3.8) is 0 Å². The van der Waals surface area contributed by atoms with E-state index >= 15 is 0 Å². The Bertz CT molecular complexity index is 1170. The van der Waals surface area contributed by atoms with Crippen LogP contribution in [0.1, 0.15) is 34.7 Å². The van der Waals surface area contributed by atoms with Crippen molar-refractivity contribution < 1.29 is 19.8 Å². The van der Waals surface area contributed by atoms with Crippen molar-refractivity contribution in [1.29, 1.82) is 0 Å². The number of carboxylic acid groups (broad SMARTS) is 1. The molecule has 0 saturated heterocycles. The number of pyridine rings is 1. The molecule has 1 atom stereocenters. The first-order valence-electron chi connectivity index (χ1n) is 10.0. The number of hydrogen-bond acceptors (Lipinski definition) is 4. The summed E-state index contributed by atoms with van der Waals surface area (Å²) >= 11 is 0. The third kappa shape index (κ3) is 5.75. The van der Waals surface area contributed by atoms with Crippen molar-refractivity contribution in [2.45, 2.75) is 25.8 Å². The number of carboxylic acids is 1. The molecule has 0 aliphatic rings. The number of carbonyl (C=O) groups excluding carboxylic acids is 1. The van der Waals surface area contributed by atoms with Gasteiger partial charge in [0.05, 0.1) is 12.5 Å². The van der Waals surface area contributed by atoms with Crippen molar-refractivity contribution >= 4 is 17.7 Å². The number of anilines is 1. The van der Waals surface area contributed by atoms with Gasteiger partial charge in [-0.05, 0) is 36.1 Å². The molecule has 0 spiro atoms. The molecule has 2 aromatic carbocycles. The molecule has 1 aromatic heterocycles. The lowest BCUT2D eigenvalue weighted by molar-refractivity contribution is -0.137. The molecule has 0 fully saturated rings. The fraction of sp³-hybridized carbons (Fsp3) is 0.208. The molecule has 0 aliphatic heterocycles. The fourth-order valence-electron chi connectivity index (χ4n) is 3.28. The third-order valence-electron chi connectivity index (χ3n) is 5.08. The van der Waals surface area contributed by atoms with E-state index in [2.05, 4.69) is 22.8 Å². The molecule has 32 heavy (non-hydrogen) atoms. The van der Waals surface area contributed by atoms with Gasteiger partial charge in [0, 0.05) is 13.2 Å². The van der Waals surface area contributed by atoms with E-state index in [4.69, 9.17) is 0 Å². The van der Waals surface area contributed by atoms with Crippen LogP contribution in [0.4, 0.5) is 10.5 Å². The molecule has 4 N–H and O–H groups in total. The van der Waals surface area contributed by atoms with Gasteiger partial charge in [-0.15, -0.1) is 0 Å². The topological polar surface area (TPSA) is 121 Å². The Kier molecular flexibility index (Phi) is 6.94. The van der Waals surface area contributed by atoms with Crippen LogP contribution in [0.25, 0.3) is 0 Å². The molecular weight excluding hydrogens is 410 g/mol. The number of hydrogen-bond donors (Lipinski definition) is 4. The maximum atomic E-state index is 12.5. The first kappa shape index (κ1) is 22.6. The number of nitrogens with one attached hydrogen (secondary N) is 2. The highest BCUT2D eigenvalue weighted by Crippen LogP contribution is 2.21. The summed E-state index contributed by atoms with van der Waals surface area (Å²) in [5.41, 5.74) is 3.14. The molecule has 0 saturated carbocycles. The number of carbonyl (C=O) groups is 2. The predicted molar refractivity (Wildman–Crippen MR) is 121 cm³/mol. The minimum absolute atomic E-state index is 0.282. The van der Waals surface area contributed by atoms with Crippen molar-refractivity contribution in [2.75, 3.05) is 5.32 Å². The SMILES string of the molecule is Cc1ccc(Cc2ccc([C@H](CC(=O)O)NC(=O)Nc3c(O)ccn(C)c3=O)cc2)cc1. The van der Waals surface area contributed by atoms with Gasteiger partial charge < -0.3 is 25.4 Å². The predicted octanol–water partition coefficient (Wildman–Crippen LogP) is 3.33. The number of aryl methyl sites for hydroxylation is 2. The van der Waals surface area contributed by atoms with E-state index in [-0.39, 0.29) is 17.9 Å². The summed E-state index contributed by atoms with van der Waals surface area (Å²) in [6, 6.07) is 15.2. The zero-order valence-electron chi connectivity index (χ0n) is 17.8. The number of aromatic nitrogens is 1. The van der Waals surface area contributed by atoms with E-state index in [9.17, 15) is 24.6 Å². The zero-order valence-corrected chi connectivity index (χ0v) is 17.8. The molecule has 166 valence electrons.